The lowest BCUT2D eigenvalue weighted by molar-refractivity contribution is 0.172. The Balaban J connectivity index is 2.63. The van der Waals surface area contributed by atoms with Crippen LogP contribution < -0.4 is 10.1 Å². The number of nitrogens with one attached hydrogen (secondary N) is 1. The fourth-order valence-electron chi connectivity index (χ4n) is 1.72. The van der Waals surface area contributed by atoms with E-state index in [2.05, 4.69) is 25.2 Å². The lowest BCUT2D eigenvalue weighted by Gasteiger charge is -2.15. The summed E-state index contributed by atoms with van der Waals surface area (Å²) in [4.78, 5) is 0. The van der Waals surface area contributed by atoms with Crippen LogP contribution in [0.5, 0.6) is 5.75 Å². The van der Waals surface area contributed by atoms with E-state index in [1.165, 1.54) is 5.57 Å². The van der Waals surface area contributed by atoms with Crippen molar-refractivity contribution >= 4 is 0 Å². The maximum absolute atomic E-state index is 10.2. The molecule has 0 spiro atoms. The summed E-state index contributed by atoms with van der Waals surface area (Å²) in [7, 11) is 1.62. The van der Waals surface area contributed by atoms with Gasteiger partial charge in [-0.05, 0) is 32.9 Å². The van der Waals surface area contributed by atoms with Crippen LogP contribution in [0.1, 0.15) is 31.1 Å². The zero-order chi connectivity index (χ0) is 13.5. The standard InChI is InChI=1S/C15H23NO2/c1-11(2)7-8-16-10-14(17)13-9-12(3)5-6-15(13)18-4/h5-7,9,14,16-17H,8,10H2,1-4H3. The number of allylic oxidation sites excluding steroid dienone is 1. The molecule has 1 atom stereocenters. The SMILES string of the molecule is COc1ccc(C)cc1C(O)CNCC=C(C)C. The van der Waals surface area contributed by atoms with Gasteiger partial charge in [0.1, 0.15) is 5.75 Å². The Hall–Kier alpha value is -1.32. The van der Waals surface area contributed by atoms with Gasteiger partial charge in [-0.15, -0.1) is 0 Å². The van der Waals surface area contributed by atoms with E-state index in [9.17, 15) is 5.11 Å². The summed E-state index contributed by atoms with van der Waals surface area (Å²) >= 11 is 0. The zero-order valence-corrected chi connectivity index (χ0v) is 11.7. The van der Waals surface area contributed by atoms with Crippen LogP contribution in [0.4, 0.5) is 0 Å². The molecule has 0 heterocycles. The first-order valence-corrected chi connectivity index (χ1v) is 6.21. The second-order valence-corrected chi connectivity index (χ2v) is 4.70. The zero-order valence-electron chi connectivity index (χ0n) is 11.7. The van der Waals surface area contributed by atoms with Gasteiger partial charge in [0.2, 0.25) is 0 Å². The quantitative estimate of drug-likeness (QED) is 0.601. The van der Waals surface area contributed by atoms with E-state index in [0.29, 0.717) is 6.54 Å². The average Bonchev–Trinajstić information content (AvgIpc) is 2.34. The summed E-state index contributed by atoms with van der Waals surface area (Å²) in [6, 6.07) is 5.84. The molecule has 100 valence electrons. The van der Waals surface area contributed by atoms with E-state index in [1.807, 2.05) is 25.1 Å². The predicted octanol–water partition coefficient (Wildman–Crippen LogP) is 2.59. The highest BCUT2D eigenvalue weighted by molar-refractivity contribution is 5.38. The smallest absolute Gasteiger partial charge is 0.124 e. The van der Waals surface area contributed by atoms with Crippen LogP contribution in [0, 0.1) is 6.92 Å². The predicted molar refractivity (Wildman–Crippen MR) is 75.0 cm³/mol. The summed E-state index contributed by atoms with van der Waals surface area (Å²) < 4.78 is 5.27. The lowest BCUT2D eigenvalue weighted by Crippen LogP contribution is -2.22. The minimum absolute atomic E-state index is 0.517. The number of rotatable bonds is 6. The first-order chi connectivity index (χ1) is 8.54. The van der Waals surface area contributed by atoms with Gasteiger partial charge < -0.3 is 15.2 Å². The first kappa shape index (κ1) is 14.7. The molecule has 0 fully saturated rings. The molecule has 0 aliphatic heterocycles. The second-order valence-electron chi connectivity index (χ2n) is 4.70. The minimum atomic E-state index is -0.551. The monoisotopic (exact) mass is 249 g/mol. The van der Waals surface area contributed by atoms with Crippen molar-refractivity contribution in [1.82, 2.24) is 5.32 Å². The van der Waals surface area contributed by atoms with Crippen molar-refractivity contribution in [3.63, 3.8) is 0 Å². The lowest BCUT2D eigenvalue weighted by atomic mass is 10.1. The van der Waals surface area contributed by atoms with Gasteiger partial charge in [0.15, 0.2) is 0 Å². The highest BCUT2D eigenvalue weighted by atomic mass is 16.5. The third-order valence-electron chi connectivity index (χ3n) is 2.74. The van der Waals surface area contributed by atoms with Crippen molar-refractivity contribution in [1.29, 1.82) is 0 Å². The molecule has 18 heavy (non-hydrogen) atoms. The van der Waals surface area contributed by atoms with Crippen LogP contribution in [0.2, 0.25) is 0 Å². The Kier molecular flexibility index (Phi) is 5.89. The highest BCUT2D eigenvalue weighted by Gasteiger charge is 2.12. The number of methoxy groups -OCH3 is 1. The number of aliphatic hydroxyl groups excluding tert-OH is 1. The molecular weight excluding hydrogens is 226 g/mol. The minimum Gasteiger partial charge on any atom is -0.496 e. The van der Waals surface area contributed by atoms with E-state index >= 15 is 0 Å². The van der Waals surface area contributed by atoms with Gasteiger partial charge in [0.05, 0.1) is 13.2 Å². The molecule has 1 aromatic carbocycles. The molecule has 0 saturated carbocycles. The average molecular weight is 249 g/mol. The third-order valence-corrected chi connectivity index (χ3v) is 2.74. The molecule has 2 N–H and O–H groups in total. The molecule has 1 aromatic rings. The van der Waals surface area contributed by atoms with Crippen LogP contribution in [-0.2, 0) is 0 Å². The van der Waals surface area contributed by atoms with Crippen molar-refractivity contribution in [3.05, 3.63) is 41.0 Å². The number of hydrogen-bond donors (Lipinski definition) is 2. The summed E-state index contributed by atoms with van der Waals surface area (Å²) in [5.41, 5.74) is 3.22. The van der Waals surface area contributed by atoms with Crippen molar-refractivity contribution in [2.45, 2.75) is 26.9 Å². The molecule has 1 rings (SSSR count). The fourth-order valence-corrected chi connectivity index (χ4v) is 1.72. The van der Waals surface area contributed by atoms with Crippen LogP contribution in [-0.4, -0.2) is 25.3 Å². The summed E-state index contributed by atoms with van der Waals surface area (Å²) in [6.07, 6.45) is 1.55. The Morgan fingerprint density at radius 2 is 2.17 bits per heavy atom. The highest BCUT2D eigenvalue weighted by Crippen LogP contribution is 2.25. The number of ether oxygens (including phenoxy) is 1. The van der Waals surface area contributed by atoms with E-state index < -0.39 is 6.10 Å². The fraction of sp³-hybridized carbons (Fsp3) is 0.467. The summed E-state index contributed by atoms with van der Waals surface area (Å²) in [5, 5.41) is 13.4. The molecule has 0 aromatic heterocycles. The van der Waals surface area contributed by atoms with Gasteiger partial charge in [0, 0.05) is 18.7 Å². The van der Waals surface area contributed by atoms with Gasteiger partial charge in [-0.3, -0.25) is 0 Å². The number of benzene rings is 1. The van der Waals surface area contributed by atoms with Crippen LogP contribution >= 0.6 is 0 Å². The molecular formula is C15H23NO2. The van der Waals surface area contributed by atoms with Crippen molar-refractivity contribution < 1.29 is 9.84 Å². The van der Waals surface area contributed by atoms with E-state index in [4.69, 9.17) is 4.74 Å². The van der Waals surface area contributed by atoms with Crippen LogP contribution in [0.15, 0.2) is 29.8 Å². The van der Waals surface area contributed by atoms with Gasteiger partial charge in [-0.25, -0.2) is 0 Å². The van der Waals surface area contributed by atoms with Crippen LogP contribution in [0.3, 0.4) is 0 Å². The molecule has 0 amide bonds. The third kappa shape index (κ3) is 4.51. The van der Waals surface area contributed by atoms with E-state index in [-0.39, 0.29) is 0 Å². The Morgan fingerprint density at radius 3 is 2.78 bits per heavy atom. The molecule has 1 unspecified atom stereocenters. The number of aliphatic hydroxyl groups is 1. The van der Waals surface area contributed by atoms with Gasteiger partial charge in [0.25, 0.3) is 0 Å². The number of aryl methyl sites for hydroxylation is 1. The Bertz CT molecular complexity index is 409. The van der Waals surface area contributed by atoms with Crippen molar-refractivity contribution in [2.24, 2.45) is 0 Å². The van der Waals surface area contributed by atoms with Gasteiger partial charge in [-0.2, -0.15) is 0 Å². The first-order valence-electron chi connectivity index (χ1n) is 6.21. The largest absolute Gasteiger partial charge is 0.496 e. The molecule has 0 aliphatic carbocycles. The van der Waals surface area contributed by atoms with Crippen molar-refractivity contribution in [3.8, 4) is 5.75 Å². The van der Waals surface area contributed by atoms with E-state index in [1.54, 1.807) is 7.11 Å². The molecule has 0 aliphatic rings. The molecule has 3 nitrogen and oxygen atoms in total. The second kappa shape index (κ2) is 7.19. The molecule has 0 saturated heterocycles. The Morgan fingerprint density at radius 1 is 1.44 bits per heavy atom. The maximum atomic E-state index is 10.2. The van der Waals surface area contributed by atoms with Crippen molar-refractivity contribution in [2.75, 3.05) is 20.2 Å². The van der Waals surface area contributed by atoms with Gasteiger partial charge in [-0.1, -0.05) is 23.3 Å². The Labute approximate surface area is 109 Å². The molecule has 0 radical (unpaired) electrons. The normalized spacial score (nSPS) is 12.1. The summed E-state index contributed by atoms with van der Waals surface area (Å²) in [6.45, 7) is 7.41. The maximum Gasteiger partial charge on any atom is 0.124 e. The number of hydrogen-bond acceptors (Lipinski definition) is 3. The van der Waals surface area contributed by atoms with E-state index in [0.717, 1.165) is 23.4 Å². The topological polar surface area (TPSA) is 41.5 Å². The van der Waals surface area contributed by atoms with Gasteiger partial charge >= 0.3 is 0 Å². The van der Waals surface area contributed by atoms with Crippen LogP contribution in [0.25, 0.3) is 0 Å². The molecule has 3 heteroatoms. The summed E-state index contributed by atoms with van der Waals surface area (Å²) in [5.74, 6) is 0.733. The molecule has 0 bridgehead atoms.